The summed E-state index contributed by atoms with van der Waals surface area (Å²) in [6, 6.07) is 4.97. The number of furan rings is 1. The molecule has 0 aliphatic heterocycles. The second-order valence-corrected chi connectivity index (χ2v) is 5.62. The SMILES string of the molecule is Nc1cc(N)nc(SCc2nnc(-c3ccc(Br)o3)o2)n1. The van der Waals surface area contributed by atoms with Crippen LogP contribution in [0.4, 0.5) is 11.6 Å². The Hall–Kier alpha value is -2.07. The molecule has 0 unspecified atom stereocenters. The van der Waals surface area contributed by atoms with E-state index in [1.807, 2.05) is 0 Å². The third-order valence-corrected chi connectivity index (χ3v) is 3.58. The van der Waals surface area contributed by atoms with Crippen LogP contribution in [-0.4, -0.2) is 20.2 Å². The quantitative estimate of drug-likeness (QED) is 0.525. The highest BCUT2D eigenvalue weighted by atomic mass is 79.9. The summed E-state index contributed by atoms with van der Waals surface area (Å²) in [6.07, 6.45) is 0. The number of aromatic nitrogens is 4. The average molecular weight is 369 g/mol. The fraction of sp³-hybridized carbons (Fsp3) is 0.0909. The van der Waals surface area contributed by atoms with Crippen molar-refractivity contribution in [1.82, 2.24) is 20.2 Å². The molecule has 0 aliphatic rings. The van der Waals surface area contributed by atoms with Gasteiger partial charge in [-0.2, -0.15) is 0 Å². The molecular weight excluding hydrogens is 360 g/mol. The number of anilines is 2. The Bertz CT molecular complexity index is 753. The van der Waals surface area contributed by atoms with Crippen molar-refractivity contribution in [3.63, 3.8) is 0 Å². The van der Waals surface area contributed by atoms with Crippen LogP contribution in [0.15, 0.2) is 36.9 Å². The predicted molar refractivity (Wildman–Crippen MR) is 80.1 cm³/mol. The molecule has 0 aromatic carbocycles. The molecule has 0 fully saturated rings. The Balaban J connectivity index is 1.70. The molecule has 0 saturated heterocycles. The summed E-state index contributed by atoms with van der Waals surface area (Å²) in [4.78, 5) is 8.10. The first-order valence-electron chi connectivity index (χ1n) is 5.71. The van der Waals surface area contributed by atoms with Crippen molar-refractivity contribution in [2.24, 2.45) is 0 Å². The van der Waals surface area contributed by atoms with Crippen molar-refractivity contribution in [1.29, 1.82) is 0 Å². The zero-order valence-corrected chi connectivity index (χ0v) is 12.9. The van der Waals surface area contributed by atoms with E-state index in [1.165, 1.54) is 17.8 Å². The Morgan fingerprint density at radius 3 is 2.52 bits per heavy atom. The standard InChI is InChI=1S/C11H9BrN6O2S/c12-6-2-1-5(19-6)10-18-17-9(20-10)4-21-11-15-7(13)3-8(14)16-11/h1-3H,4H2,(H4,13,14,15,16). The van der Waals surface area contributed by atoms with E-state index in [4.69, 9.17) is 20.3 Å². The molecule has 4 N–H and O–H groups in total. The van der Waals surface area contributed by atoms with Gasteiger partial charge in [0.1, 0.15) is 11.6 Å². The van der Waals surface area contributed by atoms with Crippen molar-refractivity contribution in [2.45, 2.75) is 10.9 Å². The van der Waals surface area contributed by atoms with Crippen LogP contribution >= 0.6 is 27.7 Å². The number of halogens is 1. The number of hydrogen-bond acceptors (Lipinski definition) is 9. The molecule has 0 radical (unpaired) electrons. The van der Waals surface area contributed by atoms with Crippen molar-refractivity contribution in [3.8, 4) is 11.7 Å². The smallest absolute Gasteiger partial charge is 0.283 e. The molecule has 0 bridgehead atoms. The number of thioether (sulfide) groups is 1. The van der Waals surface area contributed by atoms with E-state index in [0.29, 0.717) is 44.8 Å². The van der Waals surface area contributed by atoms with Crippen LogP contribution in [0.25, 0.3) is 11.7 Å². The number of nitrogens with two attached hydrogens (primary N) is 2. The minimum atomic E-state index is 0.310. The Labute approximate surface area is 131 Å². The molecule has 0 spiro atoms. The van der Waals surface area contributed by atoms with Gasteiger partial charge < -0.3 is 20.3 Å². The van der Waals surface area contributed by atoms with Crippen molar-refractivity contribution in [2.75, 3.05) is 11.5 Å². The van der Waals surface area contributed by atoms with E-state index in [-0.39, 0.29) is 0 Å². The van der Waals surface area contributed by atoms with Gasteiger partial charge in [0.2, 0.25) is 5.89 Å². The highest BCUT2D eigenvalue weighted by Gasteiger charge is 2.13. The molecule has 0 atom stereocenters. The summed E-state index contributed by atoms with van der Waals surface area (Å²) in [5.41, 5.74) is 11.2. The van der Waals surface area contributed by atoms with E-state index < -0.39 is 0 Å². The van der Waals surface area contributed by atoms with Gasteiger partial charge in [-0.3, -0.25) is 0 Å². The summed E-state index contributed by atoms with van der Waals surface area (Å²) in [5.74, 6) is 2.26. The summed E-state index contributed by atoms with van der Waals surface area (Å²) in [5, 5.41) is 8.30. The maximum atomic E-state index is 5.60. The maximum absolute atomic E-state index is 5.60. The molecule has 10 heteroatoms. The van der Waals surface area contributed by atoms with Crippen LogP contribution in [0.2, 0.25) is 0 Å². The first-order chi connectivity index (χ1) is 10.1. The Kier molecular flexibility index (Phi) is 3.80. The molecule has 8 nitrogen and oxygen atoms in total. The highest BCUT2D eigenvalue weighted by molar-refractivity contribution is 9.10. The predicted octanol–water partition coefficient (Wildman–Crippen LogP) is 2.34. The number of hydrogen-bond donors (Lipinski definition) is 2. The lowest BCUT2D eigenvalue weighted by Crippen LogP contribution is -1.99. The summed E-state index contributed by atoms with van der Waals surface area (Å²) >= 11 is 4.51. The van der Waals surface area contributed by atoms with Gasteiger partial charge in [-0.25, -0.2) is 9.97 Å². The second kappa shape index (κ2) is 5.74. The molecule has 0 aliphatic carbocycles. The number of nitrogens with zero attached hydrogens (tertiary/aromatic N) is 4. The number of nitrogen functional groups attached to an aromatic ring is 2. The van der Waals surface area contributed by atoms with E-state index >= 15 is 0 Å². The minimum absolute atomic E-state index is 0.310. The molecule has 3 rings (SSSR count). The normalized spacial score (nSPS) is 10.9. The summed E-state index contributed by atoms with van der Waals surface area (Å²) in [6.45, 7) is 0. The fourth-order valence-electron chi connectivity index (χ4n) is 1.49. The summed E-state index contributed by atoms with van der Waals surface area (Å²) < 4.78 is 11.4. The monoisotopic (exact) mass is 368 g/mol. The zero-order valence-electron chi connectivity index (χ0n) is 10.5. The average Bonchev–Trinajstić information content (AvgIpc) is 3.04. The Morgan fingerprint density at radius 1 is 1.10 bits per heavy atom. The fourth-order valence-corrected chi connectivity index (χ4v) is 2.51. The number of rotatable bonds is 4. The van der Waals surface area contributed by atoms with E-state index in [0.717, 1.165) is 0 Å². The lowest BCUT2D eigenvalue weighted by atomic mass is 10.5. The van der Waals surface area contributed by atoms with Crippen molar-refractivity contribution in [3.05, 3.63) is 28.8 Å². The van der Waals surface area contributed by atoms with Crippen molar-refractivity contribution >= 4 is 39.3 Å². The van der Waals surface area contributed by atoms with Crippen LogP contribution in [0, 0.1) is 0 Å². The first kappa shape index (κ1) is 13.9. The third-order valence-electron chi connectivity index (χ3n) is 2.32. The van der Waals surface area contributed by atoms with Gasteiger partial charge in [0, 0.05) is 6.07 Å². The van der Waals surface area contributed by atoms with Crippen LogP contribution in [0.1, 0.15) is 5.89 Å². The lowest BCUT2D eigenvalue weighted by Gasteiger charge is -2.00. The minimum Gasteiger partial charge on any atom is -0.444 e. The van der Waals surface area contributed by atoms with Crippen LogP contribution in [-0.2, 0) is 5.75 Å². The van der Waals surface area contributed by atoms with Gasteiger partial charge >= 0.3 is 0 Å². The Morgan fingerprint density at radius 2 is 1.86 bits per heavy atom. The maximum Gasteiger partial charge on any atom is 0.283 e. The van der Waals surface area contributed by atoms with Crippen molar-refractivity contribution < 1.29 is 8.83 Å². The van der Waals surface area contributed by atoms with Gasteiger partial charge in [0.25, 0.3) is 5.89 Å². The molecular formula is C11H9BrN6O2S. The van der Waals surface area contributed by atoms with Crippen LogP contribution in [0.5, 0.6) is 0 Å². The van der Waals surface area contributed by atoms with E-state index in [2.05, 4.69) is 36.1 Å². The van der Waals surface area contributed by atoms with Gasteiger partial charge in [-0.1, -0.05) is 11.8 Å². The molecule has 3 aromatic heterocycles. The zero-order chi connectivity index (χ0) is 14.8. The summed E-state index contributed by atoms with van der Waals surface area (Å²) in [7, 11) is 0. The third kappa shape index (κ3) is 3.34. The molecule has 0 amide bonds. The largest absolute Gasteiger partial charge is 0.444 e. The van der Waals surface area contributed by atoms with Crippen LogP contribution in [0.3, 0.4) is 0 Å². The van der Waals surface area contributed by atoms with Gasteiger partial charge in [0.15, 0.2) is 15.6 Å². The highest BCUT2D eigenvalue weighted by Crippen LogP contribution is 2.26. The molecule has 0 saturated carbocycles. The molecule has 3 aromatic rings. The van der Waals surface area contributed by atoms with E-state index in [1.54, 1.807) is 12.1 Å². The van der Waals surface area contributed by atoms with Gasteiger partial charge in [-0.05, 0) is 28.1 Å². The van der Waals surface area contributed by atoms with Crippen LogP contribution < -0.4 is 11.5 Å². The molecule has 108 valence electrons. The second-order valence-electron chi connectivity index (χ2n) is 3.89. The van der Waals surface area contributed by atoms with E-state index in [9.17, 15) is 0 Å². The molecule has 3 heterocycles. The molecule has 21 heavy (non-hydrogen) atoms. The van der Waals surface area contributed by atoms with Gasteiger partial charge in [0.05, 0.1) is 5.75 Å². The lowest BCUT2D eigenvalue weighted by molar-refractivity contribution is 0.486. The first-order valence-corrected chi connectivity index (χ1v) is 7.49. The van der Waals surface area contributed by atoms with Gasteiger partial charge in [-0.15, -0.1) is 10.2 Å². The topological polar surface area (TPSA) is 130 Å².